The van der Waals surface area contributed by atoms with E-state index < -0.39 is 0 Å². The predicted octanol–water partition coefficient (Wildman–Crippen LogP) is 7.20. The lowest BCUT2D eigenvalue weighted by Crippen LogP contribution is -2.56. The SMILES string of the molecule is CC[C@H](CC[C@@H](C)[C@H]1CC[C@H]2[C@@H]3CCC4=CC(=O)CC[C@]4(C)[C@H]3C[C@H](O)[C@]12C)C(C)C. The van der Waals surface area contributed by atoms with Crippen LogP contribution in [0.15, 0.2) is 11.6 Å². The topological polar surface area (TPSA) is 37.3 Å². The summed E-state index contributed by atoms with van der Waals surface area (Å²) < 4.78 is 0. The fraction of sp³-hybridized carbons (Fsp3) is 0.897. The minimum atomic E-state index is -0.186. The molecule has 3 fully saturated rings. The summed E-state index contributed by atoms with van der Waals surface area (Å²) >= 11 is 0. The average molecular weight is 429 g/mol. The van der Waals surface area contributed by atoms with E-state index in [1.54, 1.807) is 0 Å². The third-order valence-electron chi connectivity index (χ3n) is 11.3. The van der Waals surface area contributed by atoms with Crippen molar-refractivity contribution in [3.8, 4) is 0 Å². The van der Waals surface area contributed by atoms with Crippen molar-refractivity contribution < 1.29 is 9.90 Å². The highest BCUT2D eigenvalue weighted by atomic mass is 16.3. The number of fused-ring (bicyclic) bond motifs is 5. The molecular weight excluding hydrogens is 380 g/mol. The maximum absolute atomic E-state index is 12.1. The molecule has 0 unspecified atom stereocenters. The van der Waals surface area contributed by atoms with E-state index in [2.05, 4.69) is 41.5 Å². The Bertz CT molecular complexity index is 708. The highest BCUT2D eigenvalue weighted by molar-refractivity contribution is 5.91. The monoisotopic (exact) mass is 428 g/mol. The van der Waals surface area contributed by atoms with Crippen molar-refractivity contribution in [1.29, 1.82) is 0 Å². The van der Waals surface area contributed by atoms with Gasteiger partial charge < -0.3 is 5.11 Å². The molecule has 0 aromatic rings. The molecule has 0 saturated heterocycles. The van der Waals surface area contributed by atoms with Gasteiger partial charge in [0.05, 0.1) is 6.10 Å². The van der Waals surface area contributed by atoms with E-state index in [1.807, 2.05) is 6.08 Å². The van der Waals surface area contributed by atoms with Crippen molar-refractivity contribution in [2.24, 2.45) is 52.3 Å². The number of allylic oxidation sites excluding steroid dienone is 1. The second-order valence-electron chi connectivity index (χ2n) is 12.7. The number of aliphatic hydroxyl groups is 1. The fourth-order valence-corrected chi connectivity index (χ4v) is 9.17. The van der Waals surface area contributed by atoms with E-state index in [1.165, 1.54) is 44.1 Å². The molecule has 4 aliphatic carbocycles. The summed E-state index contributed by atoms with van der Waals surface area (Å²) in [5.41, 5.74) is 1.64. The third kappa shape index (κ3) is 3.77. The molecule has 0 aliphatic heterocycles. The summed E-state index contributed by atoms with van der Waals surface area (Å²) in [7, 11) is 0. The Balaban J connectivity index is 1.53. The minimum absolute atomic E-state index is 0.0855. The summed E-state index contributed by atoms with van der Waals surface area (Å²) in [5, 5.41) is 11.7. The van der Waals surface area contributed by atoms with Crippen LogP contribution in [-0.2, 0) is 4.79 Å². The van der Waals surface area contributed by atoms with E-state index in [-0.39, 0.29) is 16.9 Å². The zero-order valence-electron chi connectivity index (χ0n) is 21.1. The molecule has 31 heavy (non-hydrogen) atoms. The predicted molar refractivity (Wildman–Crippen MR) is 129 cm³/mol. The van der Waals surface area contributed by atoms with E-state index in [4.69, 9.17) is 0 Å². The van der Waals surface area contributed by atoms with Crippen molar-refractivity contribution in [2.45, 2.75) is 112 Å². The molecule has 0 aromatic heterocycles. The molecule has 4 aliphatic rings. The van der Waals surface area contributed by atoms with Gasteiger partial charge in [-0.1, -0.05) is 60.0 Å². The van der Waals surface area contributed by atoms with Gasteiger partial charge in [0, 0.05) is 6.42 Å². The van der Waals surface area contributed by atoms with Crippen molar-refractivity contribution in [2.75, 3.05) is 0 Å². The highest BCUT2D eigenvalue weighted by Crippen LogP contribution is 2.67. The second kappa shape index (κ2) is 8.62. The number of hydrogen-bond donors (Lipinski definition) is 1. The number of ketones is 1. The van der Waals surface area contributed by atoms with Gasteiger partial charge in [-0.2, -0.15) is 0 Å². The largest absolute Gasteiger partial charge is 0.393 e. The maximum atomic E-state index is 12.1. The lowest BCUT2D eigenvalue weighted by Gasteiger charge is -2.60. The van der Waals surface area contributed by atoms with Crippen molar-refractivity contribution in [3.63, 3.8) is 0 Å². The van der Waals surface area contributed by atoms with Crippen molar-refractivity contribution in [1.82, 2.24) is 0 Å². The van der Waals surface area contributed by atoms with Gasteiger partial charge in [-0.3, -0.25) is 4.79 Å². The molecule has 0 radical (unpaired) electrons. The van der Waals surface area contributed by atoms with Crippen LogP contribution in [0, 0.1) is 52.3 Å². The van der Waals surface area contributed by atoms with Crippen LogP contribution in [0.2, 0.25) is 0 Å². The smallest absolute Gasteiger partial charge is 0.155 e. The first-order valence-corrected chi connectivity index (χ1v) is 13.5. The van der Waals surface area contributed by atoms with Gasteiger partial charge >= 0.3 is 0 Å². The molecule has 0 bridgehead atoms. The summed E-state index contributed by atoms with van der Waals surface area (Å²) in [6, 6.07) is 0. The van der Waals surface area contributed by atoms with Gasteiger partial charge in [-0.05, 0) is 103 Å². The summed E-state index contributed by atoms with van der Waals surface area (Å²) in [5.74, 6) is 5.27. The van der Waals surface area contributed by atoms with Crippen LogP contribution < -0.4 is 0 Å². The van der Waals surface area contributed by atoms with Gasteiger partial charge in [0.25, 0.3) is 0 Å². The first kappa shape index (κ1) is 23.5. The Labute approximate surface area is 191 Å². The molecular formula is C29H48O2. The van der Waals surface area contributed by atoms with E-state index in [9.17, 15) is 9.90 Å². The van der Waals surface area contributed by atoms with E-state index >= 15 is 0 Å². The molecule has 0 aromatic carbocycles. The van der Waals surface area contributed by atoms with Gasteiger partial charge in [0.2, 0.25) is 0 Å². The number of carbonyl (C=O) groups excluding carboxylic acids is 1. The molecule has 2 heteroatoms. The average Bonchev–Trinajstić information content (AvgIpc) is 3.08. The van der Waals surface area contributed by atoms with Crippen LogP contribution in [0.4, 0.5) is 0 Å². The lowest BCUT2D eigenvalue weighted by molar-refractivity contribution is -0.141. The summed E-state index contributed by atoms with van der Waals surface area (Å²) in [6.07, 6.45) is 13.4. The second-order valence-corrected chi connectivity index (χ2v) is 12.7. The first-order chi connectivity index (χ1) is 14.6. The van der Waals surface area contributed by atoms with Gasteiger partial charge in [0.15, 0.2) is 5.78 Å². The van der Waals surface area contributed by atoms with Crippen LogP contribution in [0.1, 0.15) is 106 Å². The maximum Gasteiger partial charge on any atom is 0.155 e. The number of aliphatic hydroxyl groups excluding tert-OH is 1. The molecule has 2 nitrogen and oxygen atoms in total. The van der Waals surface area contributed by atoms with Crippen LogP contribution in [-0.4, -0.2) is 17.0 Å². The Morgan fingerprint density at radius 1 is 1.06 bits per heavy atom. The quantitative estimate of drug-likeness (QED) is 0.485. The lowest BCUT2D eigenvalue weighted by atomic mass is 9.45. The third-order valence-corrected chi connectivity index (χ3v) is 11.3. The van der Waals surface area contributed by atoms with Gasteiger partial charge in [0.1, 0.15) is 0 Å². The van der Waals surface area contributed by atoms with Crippen LogP contribution >= 0.6 is 0 Å². The van der Waals surface area contributed by atoms with Crippen LogP contribution in [0.5, 0.6) is 0 Å². The van der Waals surface area contributed by atoms with Crippen LogP contribution in [0.25, 0.3) is 0 Å². The zero-order valence-corrected chi connectivity index (χ0v) is 21.1. The van der Waals surface area contributed by atoms with E-state index in [0.29, 0.717) is 35.9 Å². The fourth-order valence-electron chi connectivity index (χ4n) is 9.17. The molecule has 9 atom stereocenters. The Kier molecular flexibility index (Phi) is 6.54. The Morgan fingerprint density at radius 3 is 2.48 bits per heavy atom. The number of carbonyl (C=O) groups is 1. The zero-order chi connectivity index (χ0) is 22.6. The summed E-state index contributed by atoms with van der Waals surface area (Å²) in [6.45, 7) is 14.5. The molecule has 0 amide bonds. The number of hydrogen-bond acceptors (Lipinski definition) is 2. The highest BCUT2D eigenvalue weighted by Gasteiger charge is 2.62. The Morgan fingerprint density at radius 2 is 1.81 bits per heavy atom. The van der Waals surface area contributed by atoms with Crippen molar-refractivity contribution in [3.05, 3.63) is 11.6 Å². The van der Waals surface area contributed by atoms with E-state index in [0.717, 1.165) is 37.0 Å². The molecule has 3 saturated carbocycles. The standard InChI is InChI=1S/C29H48O2/c1-7-20(18(2)3)9-8-19(4)24-12-13-25-23-11-10-21-16-22(30)14-15-28(21,5)26(23)17-27(31)29(24,25)6/h16,18-20,23-27,31H,7-15,17H2,1-6H3/t19-,20-,23+,24-,25+,26+,27+,28+,29-/m1/s1. The van der Waals surface area contributed by atoms with Gasteiger partial charge in [-0.25, -0.2) is 0 Å². The molecule has 0 heterocycles. The van der Waals surface area contributed by atoms with Crippen LogP contribution in [0.3, 0.4) is 0 Å². The molecule has 0 spiro atoms. The Hall–Kier alpha value is -0.630. The molecule has 1 N–H and O–H groups in total. The first-order valence-electron chi connectivity index (χ1n) is 13.5. The van der Waals surface area contributed by atoms with Gasteiger partial charge in [-0.15, -0.1) is 0 Å². The minimum Gasteiger partial charge on any atom is -0.393 e. The number of rotatable bonds is 6. The van der Waals surface area contributed by atoms with Crippen molar-refractivity contribution >= 4 is 5.78 Å². The molecule has 176 valence electrons. The summed E-state index contributed by atoms with van der Waals surface area (Å²) in [4.78, 5) is 12.1. The normalized spacial score (nSPS) is 44.3. The molecule has 4 rings (SSSR count).